The molecule has 7 nitrogen and oxygen atoms in total. The number of rotatable bonds is 5. The number of ether oxygens (including phenoxy) is 1. The van der Waals surface area contributed by atoms with Crippen molar-refractivity contribution in [1.82, 2.24) is 0 Å². The lowest BCUT2D eigenvalue weighted by Crippen LogP contribution is -2.02. The Morgan fingerprint density at radius 2 is 1.26 bits per heavy atom. The molecule has 0 fully saturated rings. The number of carboxylic acid groups (broad SMARTS) is 2. The molecule has 0 saturated heterocycles. The van der Waals surface area contributed by atoms with Gasteiger partial charge in [-0.05, 0) is 48.5 Å². The van der Waals surface area contributed by atoms with E-state index >= 15 is 0 Å². The van der Waals surface area contributed by atoms with Gasteiger partial charge in [-0.15, -0.1) is 0 Å². The van der Waals surface area contributed by atoms with Gasteiger partial charge < -0.3 is 25.2 Å². The van der Waals surface area contributed by atoms with E-state index in [1.165, 1.54) is 36.4 Å². The Balaban J connectivity index is 0.000000238. The van der Waals surface area contributed by atoms with E-state index in [1.807, 2.05) is 0 Å². The number of benzene rings is 2. The fraction of sp³-hybridized carbons (Fsp3) is 0.125. The standard InChI is InChI=1S/C9H10O4.C7H6O3/c10-5-6-13-8-3-1-7(2-4-8)9(11)12;8-6-3-1-5(2-4-6)7(9)10/h1-4,10H,5-6H2,(H,11,12);1-4,8H,(H,9,10). The number of phenolic OH excluding ortho intramolecular Hbond substituents is 1. The molecule has 0 amide bonds. The van der Waals surface area contributed by atoms with Crippen LogP contribution in [0.15, 0.2) is 48.5 Å². The summed E-state index contributed by atoms with van der Waals surface area (Å²) in [5, 5.41) is 34.2. The van der Waals surface area contributed by atoms with Crippen molar-refractivity contribution in [2.75, 3.05) is 13.2 Å². The zero-order valence-electron chi connectivity index (χ0n) is 12.0. The third-order valence-electron chi connectivity index (χ3n) is 2.58. The van der Waals surface area contributed by atoms with Crippen molar-refractivity contribution in [3.63, 3.8) is 0 Å². The first kappa shape index (κ1) is 18.0. The molecular formula is C16H16O7. The van der Waals surface area contributed by atoms with Crippen LogP contribution in [0.2, 0.25) is 0 Å². The average Bonchev–Trinajstić information content (AvgIpc) is 2.54. The Morgan fingerprint density at radius 3 is 1.65 bits per heavy atom. The summed E-state index contributed by atoms with van der Waals surface area (Å²) < 4.78 is 5.05. The summed E-state index contributed by atoms with van der Waals surface area (Å²) in [7, 11) is 0. The molecule has 0 unspecified atom stereocenters. The summed E-state index contributed by atoms with van der Waals surface area (Å²) in [5.74, 6) is -1.32. The topological polar surface area (TPSA) is 124 Å². The first-order chi connectivity index (χ1) is 10.9. The molecule has 2 aromatic rings. The van der Waals surface area contributed by atoms with Crippen LogP contribution in [0, 0.1) is 0 Å². The summed E-state index contributed by atoms with van der Waals surface area (Å²) >= 11 is 0. The Labute approximate surface area is 132 Å². The van der Waals surface area contributed by atoms with Crippen LogP contribution in [0.5, 0.6) is 11.5 Å². The largest absolute Gasteiger partial charge is 0.508 e. The summed E-state index contributed by atoms with van der Waals surface area (Å²) in [6, 6.07) is 11.4. The predicted octanol–water partition coefficient (Wildman–Crippen LogP) is 1.85. The minimum absolute atomic E-state index is 0.0549. The molecule has 4 N–H and O–H groups in total. The van der Waals surface area contributed by atoms with Gasteiger partial charge in [0, 0.05) is 0 Å². The molecule has 2 aromatic carbocycles. The predicted molar refractivity (Wildman–Crippen MR) is 81.0 cm³/mol. The first-order valence-corrected chi connectivity index (χ1v) is 6.53. The molecule has 0 aliphatic heterocycles. The highest BCUT2D eigenvalue weighted by molar-refractivity contribution is 5.88. The monoisotopic (exact) mass is 320 g/mol. The summed E-state index contributed by atoms with van der Waals surface area (Å²) in [6.45, 7) is 0.160. The first-order valence-electron chi connectivity index (χ1n) is 6.53. The summed E-state index contributed by atoms with van der Waals surface area (Å²) in [6.07, 6.45) is 0. The van der Waals surface area contributed by atoms with Gasteiger partial charge in [0.25, 0.3) is 0 Å². The number of aliphatic hydroxyl groups is 1. The molecule has 0 aromatic heterocycles. The van der Waals surface area contributed by atoms with Crippen LogP contribution in [0.1, 0.15) is 20.7 Å². The lowest BCUT2D eigenvalue weighted by molar-refractivity contribution is 0.0686. The molecule has 0 saturated carbocycles. The molecule has 0 spiro atoms. The molecule has 23 heavy (non-hydrogen) atoms. The SMILES string of the molecule is O=C(O)c1ccc(O)cc1.O=C(O)c1ccc(OCCO)cc1. The van der Waals surface area contributed by atoms with Gasteiger partial charge in [0.05, 0.1) is 17.7 Å². The van der Waals surface area contributed by atoms with Gasteiger partial charge in [0.2, 0.25) is 0 Å². The highest BCUT2D eigenvalue weighted by atomic mass is 16.5. The molecule has 7 heteroatoms. The Hall–Kier alpha value is -3.06. The van der Waals surface area contributed by atoms with Gasteiger partial charge in [-0.1, -0.05) is 0 Å². The van der Waals surface area contributed by atoms with Gasteiger partial charge in [-0.3, -0.25) is 0 Å². The Morgan fingerprint density at radius 1 is 0.826 bits per heavy atom. The van der Waals surface area contributed by atoms with E-state index in [0.717, 1.165) is 0 Å². The van der Waals surface area contributed by atoms with Crippen LogP contribution in [0.3, 0.4) is 0 Å². The molecule has 2 rings (SSSR count). The molecular weight excluding hydrogens is 304 g/mol. The second-order valence-corrected chi connectivity index (χ2v) is 4.25. The highest BCUT2D eigenvalue weighted by Gasteiger charge is 2.01. The second kappa shape index (κ2) is 9.06. The van der Waals surface area contributed by atoms with E-state index in [-0.39, 0.29) is 30.1 Å². The van der Waals surface area contributed by atoms with Crippen LogP contribution in [-0.2, 0) is 0 Å². The number of carboxylic acids is 2. The maximum atomic E-state index is 10.4. The van der Waals surface area contributed by atoms with Crippen molar-refractivity contribution < 1.29 is 34.8 Å². The average molecular weight is 320 g/mol. The normalized spacial score (nSPS) is 9.43. The molecule has 0 heterocycles. The summed E-state index contributed by atoms with van der Waals surface area (Å²) in [5.41, 5.74) is 0.397. The third-order valence-corrected chi connectivity index (χ3v) is 2.58. The van der Waals surface area contributed by atoms with E-state index in [9.17, 15) is 9.59 Å². The molecule has 122 valence electrons. The fourth-order valence-corrected chi connectivity index (χ4v) is 1.46. The minimum Gasteiger partial charge on any atom is -0.508 e. The van der Waals surface area contributed by atoms with Gasteiger partial charge >= 0.3 is 11.9 Å². The zero-order chi connectivity index (χ0) is 17.2. The Kier molecular flexibility index (Phi) is 7.09. The second-order valence-electron chi connectivity index (χ2n) is 4.25. The van der Waals surface area contributed by atoms with Gasteiger partial charge in [-0.2, -0.15) is 0 Å². The van der Waals surface area contributed by atoms with E-state index in [4.69, 9.17) is 25.2 Å². The number of hydrogen-bond acceptors (Lipinski definition) is 5. The lowest BCUT2D eigenvalue weighted by atomic mass is 10.2. The quantitative estimate of drug-likeness (QED) is 0.662. The van der Waals surface area contributed by atoms with E-state index in [1.54, 1.807) is 12.1 Å². The number of aromatic hydroxyl groups is 1. The van der Waals surface area contributed by atoms with Crippen LogP contribution in [0.4, 0.5) is 0 Å². The van der Waals surface area contributed by atoms with Crippen molar-refractivity contribution in [2.45, 2.75) is 0 Å². The summed E-state index contributed by atoms with van der Waals surface area (Å²) in [4.78, 5) is 20.7. The van der Waals surface area contributed by atoms with Crippen molar-refractivity contribution >= 4 is 11.9 Å². The van der Waals surface area contributed by atoms with Crippen molar-refractivity contribution in [1.29, 1.82) is 0 Å². The lowest BCUT2D eigenvalue weighted by Gasteiger charge is -2.03. The van der Waals surface area contributed by atoms with Gasteiger partial charge in [0.15, 0.2) is 0 Å². The molecule has 0 bridgehead atoms. The number of phenols is 1. The molecule has 0 atom stereocenters. The number of hydrogen-bond donors (Lipinski definition) is 4. The minimum atomic E-state index is -0.986. The number of aliphatic hydroxyl groups excluding tert-OH is 1. The number of aromatic carboxylic acids is 2. The fourth-order valence-electron chi connectivity index (χ4n) is 1.46. The van der Waals surface area contributed by atoms with Crippen LogP contribution < -0.4 is 4.74 Å². The maximum Gasteiger partial charge on any atom is 0.335 e. The van der Waals surface area contributed by atoms with Crippen molar-refractivity contribution in [3.8, 4) is 11.5 Å². The molecule has 0 aliphatic carbocycles. The van der Waals surface area contributed by atoms with Crippen LogP contribution in [0.25, 0.3) is 0 Å². The van der Waals surface area contributed by atoms with E-state index in [0.29, 0.717) is 5.75 Å². The maximum absolute atomic E-state index is 10.4. The zero-order valence-corrected chi connectivity index (χ0v) is 12.0. The van der Waals surface area contributed by atoms with Crippen LogP contribution >= 0.6 is 0 Å². The van der Waals surface area contributed by atoms with Gasteiger partial charge in [-0.25, -0.2) is 9.59 Å². The highest BCUT2D eigenvalue weighted by Crippen LogP contribution is 2.11. The molecule has 0 radical (unpaired) electrons. The Bertz CT molecular complexity index is 632. The third kappa shape index (κ3) is 6.49. The van der Waals surface area contributed by atoms with Crippen molar-refractivity contribution in [2.24, 2.45) is 0 Å². The van der Waals surface area contributed by atoms with Gasteiger partial charge in [0.1, 0.15) is 18.1 Å². The number of carbonyl (C=O) groups is 2. The smallest absolute Gasteiger partial charge is 0.335 e. The van der Waals surface area contributed by atoms with Crippen molar-refractivity contribution in [3.05, 3.63) is 59.7 Å². The molecule has 0 aliphatic rings. The van der Waals surface area contributed by atoms with Crippen LogP contribution in [-0.4, -0.2) is 45.6 Å². The van der Waals surface area contributed by atoms with E-state index < -0.39 is 11.9 Å². The van der Waals surface area contributed by atoms with E-state index in [2.05, 4.69) is 0 Å².